The van der Waals surface area contributed by atoms with Gasteiger partial charge in [0, 0.05) is 48.3 Å². The Kier molecular flexibility index (Phi) is 6.35. The van der Waals surface area contributed by atoms with Gasteiger partial charge >= 0.3 is 0 Å². The summed E-state index contributed by atoms with van der Waals surface area (Å²) in [7, 11) is 0. The number of hydrogen-bond donors (Lipinski definition) is 0. The predicted octanol–water partition coefficient (Wildman–Crippen LogP) is 12.5. The summed E-state index contributed by atoms with van der Waals surface area (Å²) in [6, 6.07) is 54.3. The maximum atomic E-state index is 6.44. The number of nitrogens with zero attached hydrogens (tertiary/aromatic N) is 4. The molecule has 242 valence electrons. The fraction of sp³-hybridized carbons (Fsp3) is 0. The zero-order chi connectivity index (χ0) is 34.2. The van der Waals surface area contributed by atoms with Gasteiger partial charge in [-0.3, -0.25) is 0 Å². The standard InChI is InChI=1S/C46H26N4OS/c1-2-13-27(14-3-1)44-48-45(50-46(49-44)37-22-12-21-33-30-17-8-10-23-38(30)51-42(33)37)35-26-25-32(28-15-4-5-16-29(28)35)40-31-18-6-7-19-34(31)43-41(47-40)36-20-9-11-24-39(36)52-43/h1-26H. The van der Waals surface area contributed by atoms with Crippen LogP contribution in [0.1, 0.15) is 0 Å². The monoisotopic (exact) mass is 682 g/mol. The first-order chi connectivity index (χ1) is 25.8. The van der Waals surface area contributed by atoms with Gasteiger partial charge in [0.15, 0.2) is 17.5 Å². The van der Waals surface area contributed by atoms with Gasteiger partial charge in [0.25, 0.3) is 0 Å². The van der Waals surface area contributed by atoms with Gasteiger partial charge in [-0.25, -0.2) is 19.9 Å². The number of rotatable bonds is 4. The molecule has 52 heavy (non-hydrogen) atoms. The molecular weight excluding hydrogens is 657 g/mol. The highest BCUT2D eigenvalue weighted by Crippen LogP contribution is 2.43. The minimum Gasteiger partial charge on any atom is -0.455 e. The molecule has 0 N–H and O–H groups in total. The van der Waals surface area contributed by atoms with Crippen LogP contribution in [0.2, 0.25) is 0 Å². The lowest BCUT2D eigenvalue weighted by atomic mass is 9.94. The summed E-state index contributed by atoms with van der Waals surface area (Å²) in [5.41, 5.74) is 7.32. The molecule has 0 atom stereocenters. The third-order valence-electron chi connectivity index (χ3n) is 9.95. The number of fused-ring (bicyclic) bond motifs is 9. The Morgan fingerprint density at radius 2 is 0.981 bits per heavy atom. The molecule has 7 aromatic carbocycles. The van der Waals surface area contributed by atoms with Crippen molar-refractivity contribution in [1.29, 1.82) is 0 Å². The molecule has 0 aliphatic rings. The summed E-state index contributed by atoms with van der Waals surface area (Å²) < 4.78 is 8.90. The zero-order valence-corrected chi connectivity index (χ0v) is 28.4. The summed E-state index contributed by atoms with van der Waals surface area (Å²) >= 11 is 1.81. The van der Waals surface area contributed by atoms with Crippen molar-refractivity contribution in [3.8, 4) is 45.4 Å². The molecule has 0 aliphatic carbocycles. The second kappa shape index (κ2) is 11.4. The van der Waals surface area contributed by atoms with E-state index in [-0.39, 0.29) is 0 Å². The molecule has 0 spiro atoms. The minimum atomic E-state index is 0.559. The summed E-state index contributed by atoms with van der Waals surface area (Å²) in [5.74, 6) is 1.75. The summed E-state index contributed by atoms with van der Waals surface area (Å²) in [6.07, 6.45) is 0. The molecule has 0 aliphatic heterocycles. The SMILES string of the molecule is c1ccc(-c2nc(-c3ccc(-c4nc5c6ccccc6sc5c5ccccc45)c4ccccc34)nc(-c3cccc4c3oc3ccccc34)n2)cc1. The van der Waals surface area contributed by atoms with Crippen molar-refractivity contribution in [3.05, 3.63) is 158 Å². The van der Waals surface area contributed by atoms with Gasteiger partial charge in [0.1, 0.15) is 11.2 Å². The van der Waals surface area contributed by atoms with Crippen molar-refractivity contribution in [1.82, 2.24) is 19.9 Å². The Bertz CT molecular complexity index is 3200. The van der Waals surface area contributed by atoms with E-state index in [0.717, 1.165) is 71.6 Å². The lowest BCUT2D eigenvalue weighted by Crippen LogP contribution is -2.01. The number of aromatic nitrogens is 4. The summed E-state index contributed by atoms with van der Waals surface area (Å²) in [6.45, 7) is 0. The first-order valence-corrected chi connectivity index (χ1v) is 18.0. The molecule has 0 unspecified atom stereocenters. The lowest BCUT2D eigenvalue weighted by Gasteiger charge is -2.14. The van der Waals surface area contributed by atoms with E-state index in [1.54, 1.807) is 0 Å². The molecule has 0 saturated carbocycles. The average Bonchev–Trinajstić information content (AvgIpc) is 3.79. The van der Waals surface area contributed by atoms with Gasteiger partial charge in [-0.1, -0.05) is 133 Å². The number of hydrogen-bond acceptors (Lipinski definition) is 6. The topological polar surface area (TPSA) is 64.7 Å². The normalized spacial score (nSPS) is 11.8. The lowest BCUT2D eigenvalue weighted by molar-refractivity contribution is 0.669. The van der Waals surface area contributed by atoms with Gasteiger partial charge in [-0.15, -0.1) is 11.3 Å². The molecule has 11 aromatic rings. The number of benzene rings is 7. The summed E-state index contributed by atoms with van der Waals surface area (Å²) in [4.78, 5) is 20.8. The third kappa shape index (κ3) is 4.41. The van der Waals surface area contributed by atoms with Crippen molar-refractivity contribution in [2.24, 2.45) is 0 Å². The van der Waals surface area contributed by atoms with Gasteiger partial charge in [0.2, 0.25) is 0 Å². The molecule has 0 radical (unpaired) electrons. The Hall–Kier alpha value is -6.76. The molecule has 5 nitrogen and oxygen atoms in total. The van der Waals surface area contributed by atoms with Crippen molar-refractivity contribution in [2.45, 2.75) is 0 Å². The van der Waals surface area contributed by atoms with Crippen LogP contribution in [0.25, 0.3) is 109 Å². The van der Waals surface area contributed by atoms with E-state index in [1.807, 2.05) is 72.0 Å². The van der Waals surface area contributed by atoms with Crippen LogP contribution in [-0.2, 0) is 0 Å². The van der Waals surface area contributed by atoms with E-state index in [2.05, 4.69) is 97.1 Å². The number of thiophene rings is 1. The van der Waals surface area contributed by atoms with E-state index in [0.29, 0.717) is 17.5 Å². The Labute approximate surface area is 301 Å². The molecule has 4 heterocycles. The highest BCUT2D eigenvalue weighted by atomic mass is 32.1. The summed E-state index contributed by atoms with van der Waals surface area (Å²) in [5, 5.41) is 7.74. The van der Waals surface area contributed by atoms with Crippen LogP contribution in [0.3, 0.4) is 0 Å². The molecule has 4 aromatic heterocycles. The first kappa shape index (κ1) is 29.0. The van der Waals surface area contributed by atoms with Crippen LogP contribution in [0.5, 0.6) is 0 Å². The van der Waals surface area contributed by atoms with Crippen molar-refractivity contribution >= 4 is 75.1 Å². The van der Waals surface area contributed by atoms with Gasteiger partial charge < -0.3 is 4.42 Å². The Morgan fingerprint density at radius 3 is 1.81 bits per heavy atom. The zero-order valence-electron chi connectivity index (χ0n) is 27.6. The quantitative estimate of drug-likeness (QED) is 0.185. The van der Waals surface area contributed by atoms with E-state index < -0.39 is 0 Å². The first-order valence-electron chi connectivity index (χ1n) is 17.2. The molecule has 0 amide bonds. The second-order valence-electron chi connectivity index (χ2n) is 12.9. The number of para-hydroxylation sites is 2. The van der Waals surface area contributed by atoms with Crippen LogP contribution in [0.4, 0.5) is 0 Å². The smallest absolute Gasteiger partial charge is 0.167 e. The van der Waals surface area contributed by atoms with Crippen LogP contribution < -0.4 is 0 Å². The highest BCUT2D eigenvalue weighted by Gasteiger charge is 2.21. The maximum absolute atomic E-state index is 6.44. The van der Waals surface area contributed by atoms with Crippen LogP contribution in [0, 0.1) is 0 Å². The number of furan rings is 1. The van der Waals surface area contributed by atoms with Crippen LogP contribution >= 0.6 is 11.3 Å². The fourth-order valence-corrected chi connectivity index (χ4v) is 8.73. The van der Waals surface area contributed by atoms with E-state index in [9.17, 15) is 0 Å². The van der Waals surface area contributed by atoms with Crippen molar-refractivity contribution in [2.75, 3.05) is 0 Å². The fourth-order valence-electron chi connectivity index (χ4n) is 7.55. The number of pyridine rings is 1. The van der Waals surface area contributed by atoms with Gasteiger partial charge in [-0.2, -0.15) is 0 Å². The van der Waals surface area contributed by atoms with E-state index >= 15 is 0 Å². The van der Waals surface area contributed by atoms with Crippen LogP contribution in [0.15, 0.2) is 162 Å². The van der Waals surface area contributed by atoms with E-state index in [4.69, 9.17) is 24.4 Å². The molecule has 11 rings (SSSR count). The third-order valence-corrected chi connectivity index (χ3v) is 11.1. The average molecular weight is 683 g/mol. The molecule has 0 fully saturated rings. The molecule has 0 bridgehead atoms. The highest BCUT2D eigenvalue weighted by molar-refractivity contribution is 7.26. The van der Waals surface area contributed by atoms with Crippen molar-refractivity contribution < 1.29 is 4.42 Å². The van der Waals surface area contributed by atoms with Crippen LogP contribution in [-0.4, -0.2) is 19.9 Å². The van der Waals surface area contributed by atoms with Crippen molar-refractivity contribution in [3.63, 3.8) is 0 Å². The van der Waals surface area contributed by atoms with E-state index in [1.165, 1.54) is 20.2 Å². The van der Waals surface area contributed by atoms with Gasteiger partial charge in [0.05, 0.1) is 21.5 Å². The Morgan fingerprint density at radius 1 is 0.385 bits per heavy atom. The molecule has 0 saturated heterocycles. The van der Waals surface area contributed by atoms with Gasteiger partial charge in [-0.05, 0) is 35.0 Å². The molecular formula is C46H26N4OS. The largest absolute Gasteiger partial charge is 0.455 e. The minimum absolute atomic E-state index is 0.559. The second-order valence-corrected chi connectivity index (χ2v) is 14.0. The Balaban J connectivity index is 1.16. The molecule has 6 heteroatoms. The predicted molar refractivity (Wildman–Crippen MR) is 215 cm³/mol. The maximum Gasteiger partial charge on any atom is 0.167 e.